The Bertz CT molecular complexity index is 345. The summed E-state index contributed by atoms with van der Waals surface area (Å²) in [7, 11) is 0. The van der Waals surface area contributed by atoms with Crippen molar-refractivity contribution in [1.29, 1.82) is 0 Å². The molecular weight excluding hydrogens is 220 g/mol. The fourth-order valence-corrected chi connectivity index (χ4v) is 1.19. The van der Waals surface area contributed by atoms with Crippen molar-refractivity contribution in [1.82, 2.24) is 0 Å². The summed E-state index contributed by atoms with van der Waals surface area (Å²) >= 11 is 0. The van der Waals surface area contributed by atoms with E-state index in [1.165, 1.54) is 0 Å². The minimum absolute atomic E-state index is 0.0970. The maximum Gasteiger partial charge on any atom is 0.338 e. The highest BCUT2D eigenvalue weighted by molar-refractivity contribution is 5.89. The molecule has 1 unspecified atom stereocenters. The quantitative estimate of drug-likeness (QED) is 0.769. The number of aliphatic hydroxyl groups excluding tert-OH is 1. The van der Waals surface area contributed by atoms with Gasteiger partial charge >= 0.3 is 5.97 Å². The van der Waals surface area contributed by atoms with Gasteiger partial charge in [-0.05, 0) is 31.2 Å². The van der Waals surface area contributed by atoms with Gasteiger partial charge in [0.2, 0.25) is 0 Å². The van der Waals surface area contributed by atoms with Gasteiger partial charge in [-0.3, -0.25) is 0 Å². The van der Waals surface area contributed by atoms with Crippen LogP contribution >= 0.6 is 0 Å². The van der Waals surface area contributed by atoms with E-state index in [4.69, 9.17) is 14.6 Å². The van der Waals surface area contributed by atoms with Gasteiger partial charge in [-0.15, -0.1) is 0 Å². The van der Waals surface area contributed by atoms with Crippen molar-refractivity contribution in [2.24, 2.45) is 5.92 Å². The van der Waals surface area contributed by atoms with Crippen LogP contribution in [0.1, 0.15) is 24.2 Å². The van der Waals surface area contributed by atoms with E-state index in [1.54, 1.807) is 31.2 Å². The van der Waals surface area contributed by atoms with Crippen LogP contribution in [0.5, 0.6) is 5.75 Å². The molecule has 0 saturated carbocycles. The van der Waals surface area contributed by atoms with Crippen LogP contribution in [-0.4, -0.2) is 30.9 Å². The molecule has 1 rings (SSSR count). The van der Waals surface area contributed by atoms with E-state index in [0.717, 1.165) is 0 Å². The second-order valence-corrected chi connectivity index (χ2v) is 3.84. The van der Waals surface area contributed by atoms with Crippen molar-refractivity contribution in [2.75, 3.05) is 19.8 Å². The number of esters is 1. The predicted molar refractivity (Wildman–Crippen MR) is 64.1 cm³/mol. The molecule has 1 aromatic carbocycles. The Morgan fingerprint density at radius 1 is 1.35 bits per heavy atom. The van der Waals surface area contributed by atoms with Crippen LogP contribution < -0.4 is 4.74 Å². The van der Waals surface area contributed by atoms with Gasteiger partial charge in [-0.25, -0.2) is 4.79 Å². The number of carbonyl (C=O) groups excluding carboxylic acids is 1. The SMILES string of the molecule is CCOC(=O)c1ccc(OCC(C)CO)cc1. The number of rotatable bonds is 6. The Balaban J connectivity index is 2.53. The van der Waals surface area contributed by atoms with E-state index in [1.807, 2.05) is 6.92 Å². The molecule has 1 N–H and O–H groups in total. The molecule has 94 valence electrons. The Labute approximate surface area is 101 Å². The van der Waals surface area contributed by atoms with Gasteiger partial charge in [0, 0.05) is 12.5 Å². The molecule has 17 heavy (non-hydrogen) atoms. The summed E-state index contributed by atoms with van der Waals surface area (Å²) in [4.78, 5) is 11.4. The minimum Gasteiger partial charge on any atom is -0.493 e. The monoisotopic (exact) mass is 238 g/mol. The zero-order valence-corrected chi connectivity index (χ0v) is 10.2. The average molecular weight is 238 g/mol. The summed E-state index contributed by atoms with van der Waals surface area (Å²) in [6.07, 6.45) is 0. The van der Waals surface area contributed by atoms with E-state index in [9.17, 15) is 4.79 Å². The Morgan fingerprint density at radius 2 is 2.00 bits per heavy atom. The fraction of sp³-hybridized carbons (Fsp3) is 0.462. The van der Waals surface area contributed by atoms with Crippen LogP contribution in [0.15, 0.2) is 24.3 Å². The third-order valence-electron chi connectivity index (χ3n) is 2.21. The molecule has 0 fully saturated rings. The summed E-state index contributed by atoms with van der Waals surface area (Å²) in [5.41, 5.74) is 0.509. The van der Waals surface area contributed by atoms with Gasteiger partial charge < -0.3 is 14.6 Å². The van der Waals surface area contributed by atoms with E-state index in [-0.39, 0.29) is 18.5 Å². The summed E-state index contributed by atoms with van der Waals surface area (Å²) in [6.45, 7) is 4.58. The number of hydrogen-bond acceptors (Lipinski definition) is 4. The van der Waals surface area contributed by atoms with E-state index < -0.39 is 0 Å². The van der Waals surface area contributed by atoms with Crippen molar-refractivity contribution >= 4 is 5.97 Å². The zero-order chi connectivity index (χ0) is 12.7. The van der Waals surface area contributed by atoms with Gasteiger partial charge in [0.05, 0.1) is 18.8 Å². The molecule has 0 amide bonds. The highest BCUT2D eigenvalue weighted by Gasteiger charge is 2.06. The highest BCUT2D eigenvalue weighted by atomic mass is 16.5. The van der Waals surface area contributed by atoms with Crippen molar-refractivity contribution in [2.45, 2.75) is 13.8 Å². The molecule has 4 heteroatoms. The van der Waals surface area contributed by atoms with Crippen LogP contribution in [0, 0.1) is 5.92 Å². The topological polar surface area (TPSA) is 55.8 Å². The Kier molecular flexibility index (Phi) is 5.49. The molecule has 1 atom stereocenters. The Morgan fingerprint density at radius 3 is 2.53 bits per heavy atom. The first-order valence-electron chi connectivity index (χ1n) is 5.68. The minimum atomic E-state index is -0.331. The molecule has 0 aromatic heterocycles. The van der Waals surface area contributed by atoms with Crippen molar-refractivity contribution in [3.05, 3.63) is 29.8 Å². The molecule has 0 aliphatic rings. The molecule has 1 aromatic rings. The molecule has 0 aliphatic heterocycles. The first kappa shape index (κ1) is 13.5. The third kappa shape index (κ3) is 4.44. The van der Waals surface area contributed by atoms with Gasteiger partial charge in [0.1, 0.15) is 5.75 Å². The predicted octanol–water partition coefficient (Wildman–Crippen LogP) is 1.87. The summed E-state index contributed by atoms with van der Waals surface area (Å²) < 4.78 is 10.3. The average Bonchev–Trinajstić information content (AvgIpc) is 2.36. The van der Waals surface area contributed by atoms with Gasteiger partial charge in [0.15, 0.2) is 0 Å². The van der Waals surface area contributed by atoms with Crippen LogP contribution in [0.2, 0.25) is 0 Å². The van der Waals surface area contributed by atoms with E-state index >= 15 is 0 Å². The van der Waals surface area contributed by atoms with Crippen molar-refractivity contribution in [3.8, 4) is 5.75 Å². The lowest BCUT2D eigenvalue weighted by molar-refractivity contribution is 0.0526. The normalized spacial score (nSPS) is 11.9. The van der Waals surface area contributed by atoms with Crippen LogP contribution in [-0.2, 0) is 4.74 Å². The molecule has 0 bridgehead atoms. The summed E-state index contributed by atoms with van der Waals surface area (Å²) in [5.74, 6) is 0.445. The fourth-order valence-electron chi connectivity index (χ4n) is 1.19. The van der Waals surface area contributed by atoms with Gasteiger partial charge in [-0.2, -0.15) is 0 Å². The highest BCUT2D eigenvalue weighted by Crippen LogP contribution is 2.13. The lowest BCUT2D eigenvalue weighted by atomic mass is 10.2. The maximum atomic E-state index is 11.4. The van der Waals surface area contributed by atoms with Crippen LogP contribution in [0.25, 0.3) is 0 Å². The Hall–Kier alpha value is -1.55. The number of carbonyl (C=O) groups is 1. The lowest BCUT2D eigenvalue weighted by Crippen LogP contribution is -2.12. The maximum absolute atomic E-state index is 11.4. The summed E-state index contributed by atoms with van der Waals surface area (Å²) in [5, 5.41) is 8.85. The van der Waals surface area contributed by atoms with Gasteiger partial charge in [-0.1, -0.05) is 6.92 Å². The van der Waals surface area contributed by atoms with Gasteiger partial charge in [0.25, 0.3) is 0 Å². The second-order valence-electron chi connectivity index (χ2n) is 3.84. The van der Waals surface area contributed by atoms with E-state index in [0.29, 0.717) is 24.5 Å². The third-order valence-corrected chi connectivity index (χ3v) is 2.21. The number of hydrogen-bond donors (Lipinski definition) is 1. The largest absolute Gasteiger partial charge is 0.493 e. The number of ether oxygens (including phenoxy) is 2. The number of aliphatic hydroxyl groups is 1. The lowest BCUT2D eigenvalue weighted by Gasteiger charge is -2.10. The molecule has 0 aliphatic carbocycles. The first-order valence-corrected chi connectivity index (χ1v) is 5.68. The zero-order valence-electron chi connectivity index (χ0n) is 10.2. The van der Waals surface area contributed by atoms with Crippen molar-refractivity contribution in [3.63, 3.8) is 0 Å². The summed E-state index contributed by atoms with van der Waals surface area (Å²) in [6, 6.07) is 6.76. The molecule has 0 radical (unpaired) electrons. The number of benzene rings is 1. The van der Waals surface area contributed by atoms with Crippen LogP contribution in [0.3, 0.4) is 0 Å². The molecule has 0 heterocycles. The molecular formula is C13H18O4. The molecule has 0 spiro atoms. The first-order chi connectivity index (χ1) is 8.17. The second kappa shape index (κ2) is 6.91. The molecule has 4 nitrogen and oxygen atoms in total. The smallest absolute Gasteiger partial charge is 0.338 e. The van der Waals surface area contributed by atoms with Crippen LogP contribution in [0.4, 0.5) is 0 Å². The molecule has 0 saturated heterocycles. The standard InChI is InChI=1S/C13H18O4/c1-3-16-13(15)11-4-6-12(7-5-11)17-9-10(2)8-14/h4-7,10,14H,3,8-9H2,1-2H3. The van der Waals surface area contributed by atoms with Crippen molar-refractivity contribution < 1.29 is 19.4 Å². The van der Waals surface area contributed by atoms with E-state index in [2.05, 4.69) is 0 Å².